The predicted molar refractivity (Wildman–Crippen MR) is 92.4 cm³/mol. The highest BCUT2D eigenvalue weighted by Gasteiger charge is 2.30. The molecule has 0 fully saturated rings. The third kappa shape index (κ3) is 4.42. The van der Waals surface area contributed by atoms with E-state index in [1.54, 1.807) is 36.4 Å². The monoisotopic (exact) mass is 357 g/mol. The molecule has 0 aromatic heterocycles. The first-order chi connectivity index (χ1) is 12.4. The number of nitrogens with one attached hydrogen (secondary N) is 1. The Kier molecular flexibility index (Phi) is 4.93. The van der Waals surface area contributed by atoms with Crippen LogP contribution in [0.1, 0.15) is 15.9 Å². The highest BCUT2D eigenvalue weighted by Crippen LogP contribution is 2.30. The van der Waals surface area contributed by atoms with Crippen molar-refractivity contribution >= 4 is 11.6 Å². The average molecular weight is 357 g/mol. The van der Waals surface area contributed by atoms with Gasteiger partial charge in [-0.2, -0.15) is 13.2 Å². The van der Waals surface area contributed by atoms with Gasteiger partial charge in [-0.15, -0.1) is 0 Å². The summed E-state index contributed by atoms with van der Waals surface area (Å²) >= 11 is 0. The molecule has 1 amide bonds. The highest BCUT2D eigenvalue weighted by atomic mass is 19.4. The summed E-state index contributed by atoms with van der Waals surface area (Å²) in [7, 11) is 0. The van der Waals surface area contributed by atoms with Crippen LogP contribution >= 0.6 is 0 Å². The third-order valence-electron chi connectivity index (χ3n) is 3.54. The molecule has 0 unspecified atom stereocenters. The third-order valence-corrected chi connectivity index (χ3v) is 3.54. The molecule has 132 valence electrons. The van der Waals surface area contributed by atoms with Crippen LogP contribution in [0.2, 0.25) is 0 Å². The Labute approximate surface area is 148 Å². The molecule has 6 heteroatoms. The van der Waals surface area contributed by atoms with Crippen molar-refractivity contribution in [1.29, 1.82) is 0 Å². The zero-order chi connectivity index (χ0) is 18.6. The van der Waals surface area contributed by atoms with E-state index in [1.807, 2.05) is 18.2 Å². The molecule has 0 aliphatic heterocycles. The number of rotatable bonds is 4. The number of carbonyl (C=O) groups excluding carboxylic acids is 1. The first-order valence-electron chi connectivity index (χ1n) is 7.73. The zero-order valence-electron chi connectivity index (χ0n) is 13.5. The van der Waals surface area contributed by atoms with Gasteiger partial charge in [-0.05, 0) is 54.6 Å². The number of amides is 1. The lowest BCUT2D eigenvalue weighted by molar-refractivity contribution is -0.137. The van der Waals surface area contributed by atoms with Gasteiger partial charge in [-0.3, -0.25) is 4.79 Å². The van der Waals surface area contributed by atoms with Crippen molar-refractivity contribution in [3.05, 3.63) is 90.0 Å². The van der Waals surface area contributed by atoms with E-state index in [0.717, 1.165) is 12.1 Å². The van der Waals surface area contributed by atoms with Gasteiger partial charge in [-0.1, -0.05) is 24.3 Å². The molecule has 0 spiro atoms. The van der Waals surface area contributed by atoms with Crippen LogP contribution in [0.5, 0.6) is 11.5 Å². The summed E-state index contributed by atoms with van der Waals surface area (Å²) in [6.45, 7) is 0. The number of anilines is 1. The molecule has 3 rings (SSSR count). The highest BCUT2D eigenvalue weighted by molar-refractivity contribution is 6.04. The molecule has 26 heavy (non-hydrogen) atoms. The molecule has 0 aliphatic rings. The number of para-hydroxylation sites is 1. The topological polar surface area (TPSA) is 38.3 Å². The molecule has 0 saturated carbocycles. The Bertz CT molecular complexity index is 891. The van der Waals surface area contributed by atoms with Crippen molar-refractivity contribution in [3.63, 3.8) is 0 Å². The van der Waals surface area contributed by atoms with Gasteiger partial charge in [0.1, 0.15) is 11.5 Å². The lowest BCUT2D eigenvalue weighted by atomic mass is 10.1. The number of alkyl halides is 3. The van der Waals surface area contributed by atoms with Crippen LogP contribution in [0.4, 0.5) is 18.9 Å². The zero-order valence-corrected chi connectivity index (χ0v) is 13.5. The Morgan fingerprint density at radius 1 is 0.808 bits per heavy atom. The smallest absolute Gasteiger partial charge is 0.416 e. The van der Waals surface area contributed by atoms with Gasteiger partial charge in [0.15, 0.2) is 0 Å². The van der Waals surface area contributed by atoms with Crippen LogP contribution < -0.4 is 10.1 Å². The second-order valence-electron chi connectivity index (χ2n) is 5.47. The van der Waals surface area contributed by atoms with Crippen molar-refractivity contribution in [2.24, 2.45) is 0 Å². The molecule has 3 aromatic carbocycles. The van der Waals surface area contributed by atoms with E-state index in [-0.39, 0.29) is 5.69 Å². The maximum Gasteiger partial charge on any atom is 0.416 e. The number of carbonyl (C=O) groups is 1. The molecular weight excluding hydrogens is 343 g/mol. The van der Waals surface area contributed by atoms with Crippen molar-refractivity contribution in [3.8, 4) is 11.5 Å². The van der Waals surface area contributed by atoms with Crippen LogP contribution in [0.3, 0.4) is 0 Å². The van der Waals surface area contributed by atoms with Crippen molar-refractivity contribution in [2.75, 3.05) is 5.32 Å². The van der Waals surface area contributed by atoms with Gasteiger partial charge in [0.25, 0.3) is 5.91 Å². The van der Waals surface area contributed by atoms with E-state index < -0.39 is 17.6 Å². The second-order valence-corrected chi connectivity index (χ2v) is 5.47. The van der Waals surface area contributed by atoms with Gasteiger partial charge in [-0.25, -0.2) is 0 Å². The SMILES string of the molecule is O=C(Nc1cccc(C(F)(F)F)c1)c1ccc(Oc2ccccc2)cc1. The normalized spacial score (nSPS) is 11.0. The molecule has 0 atom stereocenters. The molecule has 1 N–H and O–H groups in total. The summed E-state index contributed by atoms with van der Waals surface area (Å²) in [5.74, 6) is 0.705. The van der Waals surface area contributed by atoms with Crippen LogP contribution in [0, 0.1) is 0 Å². The minimum atomic E-state index is -4.46. The Balaban J connectivity index is 1.69. The lowest BCUT2D eigenvalue weighted by Crippen LogP contribution is -2.13. The first-order valence-corrected chi connectivity index (χ1v) is 7.73. The van der Waals surface area contributed by atoms with E-state index in [0.29, 0.717) is 17.1 Å². The van der Waals surface area contributed by atoms with Gasteiger partial charge in [0, 0.05) is 11.3 Å². The summed E-state index contributed by atoms with van der Waals surface area (Å²) in [5, 5.41) is 2.46. The fourth-order valence-corrected chi connectivity index (χ4v) is 2.28. The average Bonchev–Trinajstić information content (AvgIpc) is 2.63. The maximum absolute atomic E-state index is 12.7. The Hall–Kier alpha value is -3.28. The van der Waals surface area contributed by atoms with E-state index in [9.17, 15) is 18.0 Å². The molecule has 0 radical (unpaired) electrons. The van der Waals surface area contributed by atoms with Gasteiger partial charge in [0.2, 0.25) is 0 Å². The van der Waals surface area contributed by atoms with E-state index >= 15 is 0 Å². The Morgan fingerprint density at radius 2 is 1.46 bits per heavy atom. The van der Waals surface area contributed by atoms with Crippen LogP contribution in [0.25, 0.3) is 0 Å². The number of ether oxygens (including phenoxy) is 1. The molecule has 3 aromatic rings. The molecular formula is C20H14F3NO2. The fraction of sp³-hybridized carbons (Fsp3) is 0.0500. The summed E-state index contributed by atoms with van der Waals surface area (Å²) in [4.78, 5) is 12.2. The van der Waals surface area contributed by atoms with Crippen LogP contribution in [0.15, 0.2) is 78.9 Å². The minimum absolute atomic E-state index is 0.0782. The number of hydrogen-bond acceptors (Lipinski definition) is 2. The molecule has 0 bridgehead atoms. The summed E-state index contributed by atoms with van der Waals surface area (Å²) in [6.07, 6.45) is -4.46. The number of hydrogen-bond donors (Lipinski definition) is 1. The molecule has 0 saturated heterocycles. The van der Waals surface area contributed by atoms with E-state index in [1.165, 1.54) is 12.1 Å². The van der Waals surface area contributed by atoms with E-state index in [4.69, 9.17) is 4.74 Å². The minimum Gasteiger partial charge on any atom is -0.457 e. The molecule has 3 nitrogen and oxygen atoms in total. The first kappa shape index (κ1) is 17.5. The fourth-order valence-electron chi connectivity index (χ4n) is 2.28. The van der Waals surface area contributed by atoms with Crippen molar-refractivity contribution < 1.29 is 22.7 Å². The summed E-state index contributed by atoms with van der Waals surface area (Å²) in [5.41, 5.74) is -0.431. The predicted octanol–water partition coefficient (Wildman–Crippen LogP) is 5.75. The Morgan fingerprint density at radius 3 is 2.12 bits per heavy atom. The van der Waals surface area contributed by atoms with E-state index in [2.05, 4.69) is 5.32 Å². The summed E-state index contributed by atoms with van der Waals surface area (Å²) in [6, 6.07) is 20.0. The van der Waals surface area contributed by atoms with Gasteiger partial charge >= 0.3 is 6.18 Å². The van der Waals surface area contributed by atoms with Crippen LogP contribution in [-0.4, -0.2) is 5.91 Å². The largest absolute Gasteiger partial charge is 0.457 e. The standard InChI is InChI=1S/C20H14F3NO2/c21-20(22,23)15-5-4-6-16(13-15)24-19(25)14-9-11-18(12-10-14)26-17-7-2-1-3-8-17/h1-13H,(H,24,25). The maximum atomic E-state index is 12.7. The molecule has 0 heterocycles. The second kappa shape index (κ2) is 7.31. The van der Waals surface area contributed by atoms with Gasteiger partial charge < -0.3 is 10.1 Å². The number of halogens is 3. The van der Waals surface area contributed by atoms with Gasteiger partial charge in [0.05, 0.1) is 5.56 Å². The quantitative estimate of drug-likeness (QED) is 0.646. The van der Waals surface area contributed by atoms with Crippen molar-refractivity contribution in [1.82, 2.24) is 0 Å². The number of benzene rings is 3. The van der Waals surface area contributed by atoms with Crippen molar-refractivity contribution in [2.45, 2.75) is 6.18 Å². The van der Waals surface area contributed by atoms with Crippen LogP contribution in [-0.2, 0) is 6.18 Å². The summed E-state index contributed by atoms with van der Waals surface area (Å²) < 4.78 is 43.8. The lowest BCUT2D eigenvalue weighted by Gasteiger charge is -2.10. The molecule has 0 aliphatic carbocycles.